The molecular formula is C19H21BrFN3O3S. The molecule has 1 N–H and O–H groups in total. The third-order valence-corrected chi connectivity index (χ3v) is 7.03. The first kappa shape index (κ1) is 20.9. The molecule has 1 saturated heterocycles. The minimum Gasteiger partial charge on any atom is -0.324 e. The molecule has 28 heavy (non-hydrogen) atoms. The van der Waals surface area contributed by atoms with Gasteiger partial charge in [-0.3, -0.25) is 4.79 Å². The Hall–Kier alpha value is -1.81. The average molecular weight is 470 g/mol. The molecule has 2 aromatic carbocycles. The zero-order chi connectivity index (χ0) is 20.1. The predicted octanol–water partition coefficient (Wildman–Crippen LogP) is 2.92. The average Bonchev–Trinajstić information content (AvgIpc) is 2.69. The Morgan fingerprint density at radius 1 is 1.04 bits per heavy atom. The van der Waals surface area contributed by atoms with Crippen LogP contribution in [0.3, 0.4) is 0 Å². The summed E-state index contributed by atoms with van der Waals surface area (Å²) < 4.78 is 41.3. The molecule has 1 fully saturated rings. The van der Waals surface area contributed by atoms with Gasteiger partial charge >= 0.3 is 0 Å². The highest BCUT2D eigenvalue weighted by Crippen LogP contribution is 2.20. The topological polar surface area (TPSA) is 69.7 Å². The summed E-state index contributed by atoms with van der Waals surface area (Å²) in [6.07, 6.45) is 0.216. The molecular weight excluding hydrogens is 449 g/mol. The van der Waals surface area contributed by atoms with Crippen molar-refractivity contribution >= 4 is 37.5 Å². The third-order valence-electron chi connectivity index (χ3n) is 4.59. The highest BCUT2D eigenvalue weighted by atomic mass is 79.9. The van der Waals surface area contributed by atoms with E-state index in [9.17, 15) is 17.6 Å². The largest absolute Gasteiger partial charge is 0.324 e. The van der Waals surface area contributed by atoms with E-state index < -0.39 is 15.8 Å². The second kappa shape index (κ2) is 9.13. The highest BCUT2D eigenvalue weighted by Gasteiger charge is 2.28. The molecule has 0 spiro atoms. The number of nitrogens with zero attached hydrogens (tertiary/aromatic N) is 2. The Bertz CT molecular complexity index is 930. The fraction of sp³-hybridized carbons (Fsp3) is 0.316. The lowest BCUT2D eigenvalue weighted by Gasteiger charge is -2.33. The first-order valence-corrected chi connectivity index (χ1v) is 11.1. The van der Waals surface area contributed by atoms with Crippen molar-refractivity contribution in [3.63, 3.8) is 0 Å². The van der Waals surface area contributed by atoms with E-state index in [2.05, 4.69) is 21.2 Å². The number of hydrogen-bond acceptors (Lipinski definition) is 4. The minimum atomic E-state index is -3.51. The summed E-state index contributed by atoms with van der Waals surface area (Å²) in [7, 11) is -3.51. The van der Waals surface area contributed by atoms with Crippen LogP contribution in [0.1, 0.15) is 6.42 Å². The standard InChI is InChI=1S/C19H21BrFN3O3S/c20-15-5-7-16(8-6-15)28(26,27)24-13-11-23(12-14-24)10-9-19(25)22-18-4-2-1-3-17(18)21/h1-8H,9-14H2,(H,22,25). The molecule has 0 aliphatic carbocycles. The number of carbonyl (C=O) groups excluding carboxylic acids is 1. The van der Waals surface area contributed by atoms with E-state index in [1.807, 2.05) is 4.90 Å². The summed E-state index contributed by atoms with van der Waals surface area (Å²) in [6, 6.07) is 12.6. The number of hydrogen-bond donors (Lipinski definition) is 1. The Balaban J connectivity index is 1.48. The summed E-state index contributed by atoms with van der Waals surface area (Å²) in [5, 5.41) is 2.56. The van der Waals surface area contributed by atoms with Crippen LogP contribution in [0.4, 0.5) is 10.1 Å². The fourth-order valence-electron chi connectivity index (χ4n) is 2.98. The highest BCUT2D eigenvalue weighted by molar-refractivity contribution is 9.10. The smallest absolute Gasteiger partial charge is 0.243 e. The van der Waals surface area contributed by atoms with E-state index in [1.54, 1.807) is 36.4 Å². The van der Waals surface area contributed by atoms with E-state index in [-0.39, 0.29) is 22.9 Å². The summed E-state index contributed by atoms with van der Waals surface area (Å²) in [4.78, 5) is 14.3. The van der Waals surface area contributed by atoms with Gasteiger partial charge in [0, 0.05) is 43.6 Å². The number of piperazine rings is 1. The molecule has 1 aliphatic heterocycles. The SMILES string of the molecule is O=C(CCN1CCN(S(=O)(=O)c2ccc(Br)cc2)CC1)Nc1ccccc1F. The van der Waals surface area contributed by atoms with E-state index in [0.29, 0.717) is 32.7 Å². The molecule has 0 radical (unpaired) electrons. The normalized spacial score (nSPS) is 16.1. The van der Waals surface area contributed by atoms with Crippen molar-refractivity contribution in [2.24, 2.45) is 0 Å². The molecule has 0 bridgehead atoms. The first-order valence-electron chi connectivity index (χ1n) is 8.89. The minimum absolute atomic E-state index is 0.165. The van der Waals surface area contributed by atoms with E-state index in [0.717, 1.165) is 4.47 Å². The number of anilines is 1. The zero-order valence-corrected chi connectivity index (χ0v) is 17.5. The monoisotopic (exact) mass is 469 g/mol. The van der Waals surface area contributed by atoms with Gasteiger partial charge in [0.05, 0.1) is 10.6 Å². The lowest BCUT2D eigenvalue weighted by molar-refractivity contribution is -0.116. The molecule has 0 atom stereocenters. The van der Waals surface area contributed by atoms with Crippen LogP contribution in [-0.2, 0) is 14.8 Å². The maximum atomic E-state index is 13.6. The number of benzene rings is 2. The molecule has 2 aromatic rings. The predicted molar refractivity (Wildman–Crippen MR) is 109 cm³/mol. The van der Waals surface area contributed by atoms with Crippen molar-refractivity contribution in [1.29, 1.82) is 0 Å². The van der Waals surface area contributed by atoms with Crippen LogP contribution in [0.5, 0.6) is 0 Å². The molecule has 1 amide bonds. The molecule has 150 valence electrons. The quantitative estimate of drug-likeness (QED) is 0.705. The Morgan fingerprint density at radius 3 is 2.32 bits per heavy atom. The number of rotatable bonds is 6. The first-order chi connectivity index (χ1) is 13.4. The van der Waals surface area contributed by atoms with Gasteiger partial charge in [0.1, 0.15) is 5.82 Å². The Labute approximate surface area is 172 Å². The van der Waals surface area contributed by atoms with Crippen molar-refractivity contribution in [2.45, 2.75) is 11.3 Å². The van der Waals surface area contributed by atoms with Crippen LogP contribution in [0.25, 0.3) is 0 Å². The van der Waals surface area contributed by atoms with Gasteiger partial charge in [-0.15, -0.1) is 0 Å². The van der Waals surface area contributed by atoms with Gasteiger partial charge in [-0.25, -0.2) is 12.8 Å². The molecule has 9 heteroatoms. The van der Waals surface area contributed by atoms with Gasteiger partial charge in [-0.05, 0) is 36.4 Å². The van der Waals surface area contributed by atoms with Gasteiger partial charge < -0.3 is 10.2 Å². The van der Waals surface area contributed by atoms with E-state index in [1.165, 1.54) is 16.4 Å². The van der Waals surface area contributed by atoms with Crippen molar-refractivity contribution in [1.82, 2.24) is 9.21 Å². The van der Waals surface area contributed by atoms with Crippen LogP contribution in [-0.4, -0.2) is 56.3 Å². The summed E-state index contributed by atoms with van der Waals surface area (Å²) in [5.74, 6) is -0.738. The van der Waals surface area contributed by atoms with Crippen LogP contribution in [0.2, 0.25) is 0 Å². The van der Waals surface area contributed by atoms with Gasteiger partial charge in [0.15, 0.2) is 0 Å². The van der Waals surface area contributed by atoms with E-state index >= 15 is 0 Å². The second-order valence-electron chi connectivity index (χ2n) is 6.48. The zero-order valence-electron chi connectivity index (χ0n) is 15.1. The number of carbonyl (C=O) groups is 1. The molecule has 6 nitrogen and oxygen atoms in total. The van der Waals surface area contributed by atoms with Crippen LogP contribution in [0.15, 0.2) is 57.9 Å². The number of halogens is 2. The molecule has 3 rings (SSSR count). The van der Waals surface area contributed by atoms with Crippen molar-refractivity contribution in [3.8, 4) is 0 Å². The molecule has 1 aliphatic rings. The number of amides is 1. The number of para-hydroxylation sites is 1. The summed E-state index contributed by atoms with van der Waals surface area (Å²) in [5.41, 5.74) is 0.165. The van der Waals surface area contributed by atoms with Gasteiger partial charge in [0.2, 0.25) is 15.9 Å². The van der Waals surface area contributed by atoms with Crippen molar-refractivity contribution < 1.29 is 17.6 Å². The van der Waals surface area contributed by atoms with Gasteiger partial charge in [-0.1, -0.05) is 28.1 Å². The summed E-state index contributed by atoms with van der Waals surface area (Å²) in [6.45, 7) is 2.32. The van der Waals surface area contributed by atoms with Crippen LogP contribution >= 0.6 is 15.9 Å². The second-order valence-corrected chi connectivity index (χ2v) is 9.33. The summed E-state index contributed by atoms with van der Waals surface area (Å²) >= 11 is 3.30. The molecule has 1 heterocycles. The lowest BCUT2D eigenvalue weighted by Crippen LogP contribution is -2.49. The van der Waals surface area contributed by atoms with Crippen molar-refractivity contribution in [2.75, 3.05) is 38.0 Å². The molecule has 0 saturated carbocycles. The van der Waals surface area contributed by atoms with Crippen molar-refractivity contribution in [3.05, 3.63) is 58.8 Å². The fourth-order valence-corrected chi connectivity index (χ4v) is 4.67. The van der Waals surface area contributed by atoms with Gasteiger partial charge in [0.25, 0.3) is 0 Å². The maximum absolute atomic E-state index is 13.6. The van der Waals surface area contributed by atoms with E-state index in [4.69, 9.17) is 0 Å². The number of sulfonamides is 1. The molecule has 0 unspecified atom stereocenters. The number of nitrogens with one attached hydrogen (secondary N) is 1. The Kier molecular flexibility index (Phi) is 6.82. The van der Waals surface area contributed by atoms with Crippen LogP contribution in [0, 0.1) is 5.82 Å². The molecule has 0 aromatic heterocycles. The third kappa shape index (κ3) is 5.16. The Morgan fingerprint density at radius 2 is 1.68 bits per heavy atom. The van der Waals surface area contributed by atoms with Gasteiger partial charge in [-0.2, -0.15) is 4.31 Å². The van der Waals surface area contributed by atoms with Crippen LogP contribution < -0.4 is 5.32 Å². The maximum Gasteiger partial charge on any atom is 0.243 e. The lowest BCUT2D eigenvalue weighted by atomic mass is 10.2.